The fourth-order valence-corrected chi connectivity index (χ4v) is 2.33. The third kappa shape index (κ3) is 1.96. The van der Waals surface area contributed by atoms with Gasteiger partial charge in [-0.3, -0.25) is 4.90 Å². The van der Waals surface area contributed by atoms with E-state index in [4.69, 9.17) is 0 Å². The molecule has 0 radical (unpaired) electrons. The average molecular weight is 215 g/mol. The lowest BCUT2D eigenvalue weighted by atomic mass is 10.1. The molecule has 1 aliphatic rings. The van der Waals surface area contributed by atoms with Crippen LogP contribution in [0.1, 0.15) is 5.56 Å². The molecule has 1 fully saturated rings. The molecule has 0 unspecified atom stereocenters. The Hall–Kier alpha value is -1.32. The summed E-state index contributed by atoms with van der Waals surface area (Å²) in [7, 11) is 0. The molecule has 84 valence electrons. The molecule has 0 spiro atoms. The van der Waals surface area contributed by atoms with Crippen molar-refractivity contribution in [3.05, 3.63) is 36.0 Å². The van der Waals surface area contributed by atoms with Crippen LogP contribution in [0.5, 0.6) is 0 Å². The van der Waals surface area contributed by atoms with Crippen molar-refractivity contribution in [2.24, 2.45) is 0 Å². The van der Waals surface area contributed by atoms with E-state index < -0.39 is 0 Å². The standard InChI is InChI=1S/C13H17N3/c1-2-13-12(3-4-15-13)9-11(1)10-16-7-5-14-6-8-16/h1-4,9,14-15H,5-8,10H2. The number of rotatable bonds is 2. The molecule has 1 aromatic heterocycles. The summed E-state index contributed by atoms with van der Waals surface area (Å²) in [4.78, 5) is 5.73. The van der Waals surface area contributed by atoms with E-state index in [1.54, 1.807) is 0 Å². The molecule has 16 heavy (non-hydrogen) atoms. The molecule has 3 rings (SSSR count). The minimum absolute atomic E-state index is 1.07. The molecular formula is C13H17N3. The molecular weight excluding hydrogens is 198 g/mol. The maximum absolute atomic E-state index is 3.38. The average Bonchev–Trinajstić information content (AvgIpc) is 2.77. The van der Waals surface area contributed by atoms with Gasteiger partial charge in [0, 0.05) is 44.4 Å². The van der Waals surface area contributed by atoms with Gasteiger partial charge in [0.15, 0.2) is 0 Å². The Kier molecular flexibility index (Phi) is 2.64. The Morgan fingerprint density at radius 1 is 1.12 bits per heavy atom. The molecule has 0 bridgehead atoms. The molecule has 1 aliphatic heterocycles. The Morgan fingerprint density at radius 3 is 2.88 bits per heavy atom. The van der Waals surface area contributed by atoms with Gasteiger partial charge in [0.05, 0.1) is 0 Å². The van der Waals surface area contributed by atoms with Crippen LogP contribution >= 0.6 is 0 Å². The highest BCUT2D eigenvalue weighted by Gasteiger charge is 2.09. The van der Waals surface area contributed by atoms with Crippen molar-refractivity contribution in [3.8, 4) is 0 Å². The lowest BCUT2D eigenvalue weighted by Gasteiger charge is -2.27. The second kappa shape index (κ2) is 4.28. The van der Waals surface area contributed by atoms with E-state index in [9.17, 15) is 0 Å². The van der Waals surface area contributed by atoms with Crippen LogP contribution in [0.2, 0.25) is 0 Å². The molecule has 1 saturated heterocycles. The molecule has 3 nitrogen and oxygen atoms in total. The highest BCUT2D eigenvalue weighted by atomic mass is 15.2. The number of fused-ring (bicyclic) bond motifs is 1. The Bertz CT molecular complexity index is 469. The normalized spacial score (nSPS) is 18.0. The van der Waals surface area contributed by atoms with Gasteiger partial charge in [0.2, 0.25) is 0 Å². The van der Waals surface area contributed by atoms with Gasteiger partial charge in [-0.2, -0.15) is 0 Å². The molecule has 1 aromatic carbocycles. The quantitative estimate of drug-likeness (QED) is 0.797. The van der Waals surface area contributed by atoms with Gasteiger partial charge in [-0.05, 0) is 29.1 Å². The molecule has 0 atom stereocenters. The number of nitrogens with zero attached hydrogens (tertiary/aromatic N) is 1. The van der Waals surface area contributed by atoms with Crippen LogP contribution in [-0.2, 0) is 6.54 Å². The summed E-state index contributed by atoms with van der Waals surface area (Å²) in [6.45, 7) is 5.62. The number of aromatic amines is 1. The number of hydrogen-bond donors (Lipinski definition) is 2. The summed E-state index contributed by atoms with van der Waals surface area (Å²) < 4.78 is 0. The molecule has 2 heterocycles. The number of piperazine rings is 1. The van der Waals surface area contributed by atoms with Crippen molar-refractivity contribution >= 4 is 10.9 Å². The maximum Gasteiger partial charge on any atom is 0.0454 e. The van der Waals surface area contributed by atoms with Crippen molar-refractivity contribution in [1.82, 2.24) is 15.2 Å². The van der Waals surface area contributed by atoms with E-state index in [-0.39, 0.29) is 0 Å². The molecule has 3 heteroatoms. The van der Waals surface area contributed by atoms with E-state index in [1.807, 2.05) is 6.20 Å². The number of benzene rings is 1. The van der Waals surface area contributed by atoms with Gasteiger partial charge in [-0.25, -0.2) is 0 Å². The summed E-state index contributed by atoms with van der Waals surface area (Å²) in [5.74, 6) is 0. The number of H-pyrrole nitrogens is 1. The van der Waals surface area contributed by atoms with E-state index >= 15 is 0 Å². The van der Waals surface area contributed by atoms with Crippen LogP contribution < -0.4 is 5.32 Å². The molecule has 2 N–H and O–H groups in total. The predicted octanol–water partition coefficient (Wildman–Crippen LogP) is 1.57. The Labute approximate surface area is 95.5 Å². The van der Waals surface area contributed by atoms with Gasteiger partial charge < -0.3 is 10.3 Å². The van der Waals surface area contributed by atoms with Crippen molar-refractivity contribution < 1.29 is 0 Å². The van der Waals surface area contributed by atoms with Gasteiger partial charge in [0.25, 0.3) is 0 Å². The summed E-state index contributed by atoms with van der Waals surface area (Å²) in [5.41, 5.74) is 2.64. The zero-order valence-corrected chi connectivity index (χ0v) is 9.37. The van der Waals surface area contributed by atoms with Crippen LogP contribution in [0, 0.1) is 0 Å². The fraction of sp³-hybridized carbons (Fsp3) is 0.385. The maximum atomic E-state index is 3.38. The lowest BCUT2D eigenvalue weighted by Crippen LogP contribution is -2.42. The number of hydrogen-bond acceptors (Lipinski definition) is 2. The SMILES string of the molecule is c1cc2cc(CN3CCNCC3)ccc2[nH]1. The van der Waals surface area contributed by atoms with Crippen LogP contribution in [0.25, 0.3) is 10.9 Å². The Balaban J connectivity index is 1.77. The van der Waals surface area contributed by atoms with Crippen molar-refractivity contribution in [2.75, 3.05) is 26.2 Å². The Morgan fingerprint density at radius 2 is 2.00 bits per heavy atom. The number of nitrogens with one attached hydrogen (secondary N) is 2. The topological polar surface area (TPSA) is 31.1 Å². The van der Waals surface area contributed by atoms with Gasteiger partial charge in [0.1, 0.15) is 0 Å². The molecule has 0 amide bonds. The van der Waals surface area contributed by atoms with Crippen LogP contribution in [-0.4, -0.2) is 36.1 Å². The first-order chi connectivity index (χ1) is 7.92. The second-order valence-corrected chi connectivity index (χ2v) is 4.43. The smallest absolute Gasteiger partial charge is 0.0454 e. The van der Waals surface area contributed by atoms with Crippen LogP contribution in [0.4, 0.5) is 0 Å². The van der Waals surface area contributed by atoms with Gasteiger partial charge in [-0.1, -0.05) is 6.07 Å². The van der Waals surface area contributed by atoms with Crippen molar-refractivity contribution in [1.29, 1.82) is 0 Å². The first kappa shape index (κ1) is 9.87. The first-order valence-corrected chi connectivity index (χ1v) is 5.91. The summed E-state index contributed by atoms with van der Waals surface area (Å²) >= 11 is 0. The predicted molar refractivity (Wildman–Crippen MR) is 66.4 cm³/mol. The van der Waals surface area contributed by atoms with Crippen molar-refractivity contribution in [2.45, 2.75) is 6.54 Å². The number of aromatic nitrogens is 1. The van der Waals surface area contributed by atoms with Crippen molar-refractivity contribution in [3.63, 3.8) is 0 Å². The van der Waals surface area contributed by atoms with Gasteiger partial charge >= 0.3 is 0 Å². The monoisotopic (exact) mass is 215 g/mol. The van der Waals surface area contributed by atoms with E-state index in [0.717, 1.165) is 32.7 Å². The van der Waals surface area contributed by atoms with Gasteiger partial charge in [-0.15, -0.1) is 0 Å². The minimum atomic E-state index is 1.07. The third-order valence-corrected chi connectivity index (χ3v) is 3.23. The van der Waals surface area contributed by atoms with E-state index in [0.29, 0.717) is 0 Å². The second-order valence-electron chi connectivity index (χ2n) is 4.43. The fourth-order valence-electron chi connectivity index (χ4n) is 2.33. The highest BCUT2D eigenvalue weighted by Crippen LogP contribution is 2.15. The van der Waals surface area contributed by atoms with Crippen LogP contribution in [0.15, 0.2) is 30.5 Å². The molecule has 0 aliphatic carbocycles. The van der Waals surface area contributed by atoms with Crippen LogP contribution in [0.3, 0.4) is 0 Å². The first-order valence-electron chi connectivity index (χ1n) is 5.91. The highest BCUT2D eigenvalue weighted by molar-refractivity contribution is 5.79. The summed E-state index contributed by atoms with van der Waals surface area (Å²) in [5, 5.41) is 4.69. The van der Waals surface area contributed by atoms with E-state index in [1.165, 1.54) is 16.5 Å². The van der Waals surface area contributed by atoms with E-state index in [2.05, 4.69) is 39.5 Å². The zero-order valence-electron chi connectivity index (χ0n) is 9.37. The molecule has 0 saturated carbocycles. The summed E-state index contributed by atoms with van der Waals surface area (Å²) in [6, 6.07) is 8.82. The zero-order chi connectivity index (χ0) is 10.8. The lowest BCUT2D eigenvalue weighted by molar-refractivity contribution is 0.233. The molecule has 2 aromatic rings. The largest absolute Gasteiger partial charge is 0.361 e. The minimum Gasteiger partial charge on any atom is -0.361 e. The third-order valence-electron chi connectivity index (χ3n) is 3.23. The summed E-state index contributed by atoms with van der Waals surface area (Å²) in [6.07, 6.45) is 2.00.